The van der Waals surface area contributed by atoms with Crippen LogP contribution in [0.1, 0.15) is 6.42 Å². The Bertz CT molecular complexity index is 299. The zero-order chi connectivity index (χ0) is 9.16. The molecule has 0 saturated heterocycles. The van der Waals surface area contributed by atoms with Crippen LogP contribution < -0.4 is 0 Å². The summed E-state index contributed by atoms with van der Waals surface area (Å²) in [6.07, 6.45) is 4.53. The Morgan fingerprint density at radius 1 is 1.31 bits per heavy atom. The minimum absolute atomic E-state index is 0.00634. The van der Waals surface area contributed by atoms with Crippen molar-refractivity contribution in [2.75, 3.05) is 0 Å². The molecule has 0 aliphatic heterocycles. The van der Waals surface area contributed by atoms with Gasteiger partial charge in [-0.1, -0.05) is 18.7 Å². The minimum Gasteiger partial charge on any atom is -0.381 e. The number of rotatable bonds is 0. The van der Waals surface area contributed by atoms with Crippen molar-refractivity contribution in [1.82, 2.24) is 0 Å². The summed E-state index contributed by atoms with van der Waals surface area (Å²) in [6, 6.07) is 0. The molecule has 3 rings (SSSR count). The first kappa shape index (κ1) is 7.51. The topological polar surface area (TPSA) is 37.3 Å². The van der Waals surface area contributed by atoms with Crippen LogP contribution in [0.5, 0.6) is 0 Å². The van der Waals surface area contributed by atoms with Gasteiger partial charge in [0.2, 0.25) is 0 Å². The zero-order valence-corrected chi connectivity index (χ0v) is 7.31. The summed E-state index contributed by atoms with van der Waals surface area (Å²) in [4.78, 5) is 11.6. The fourth-order valence-corrected chi connectivity index (χ4v) is 3.26. The van der Waals surface area contributed by atoms with E-state index in [-0.39, 0.29) is 17.6 Å². The van der Waals surface area contributed by atoms with Gasteiger partial charge in [-0.15, -0.1) is 0 Å². The van der Waals surface area contributed by atoms with E-state index in [2.05, 4.69) is 18.7 Å². The lowest BCUT2D eigenvalue weighted by Gasteiger charge is -2.18. The standard InChI is InChI=1S/C11H12O2/c1-5-8-6-2-3-7(4-6)9(8)11(13)10(5)12/h2-3,6-10,12H,1,4H2. The van der Waals surface area contributed by atoms with Gasteiger partial charge in [-0.25, -0.2) is 0 Å². The summed E-state index contributed by atoms with van der Waals surface area (Å²) in [5.41, 5.74) is 0.756. The third-order valence-electron chi connectivity index (χ3n) is 3.84. The lowest BCUT2D eigenvalue weighted by Crippen LogP contribution is -2.23. The molecule has 5 unspecified atom stereocenters. The summed E-state index contributed by atoms with van der Waals surface area (Å²) < 4.78 is 0. The van der Waals surface area contributed by atoms with Gasteiger partial charge in [-0.3, -0.25) is 4.79 Å². The van der Waals surface area contributed by atoms with Gasteiger partial charge < -0.3 is 5.11 Å². The van der Waals surface area contributed by atoms with E-state index in [1.807, 2.05) is 0 Å². The van der Waals surface area contributed by atoms with Gasteiger partial charge in [0, 0.05) is 5.92 Å². The van der Waals surface area contributed by atoms with E-state index in [0.29, 0.717) is 11.8 Å². The molecule has 0 spiro atoms. The van der Waals surface area contributed by atoms with Crippen LogP contribution in [0.15, 0.2) is 24.3 Å². The third kappa shape index (κ3) is 0.707. The fraction of sp³-hybridized carbons (Fsp3) is 0.545. The highest BCUT2D eigenvalue weighted by Gasteiger charge is 2.56. The Kier molecular flexibility index (Phi) is 1.23. The molecule has 2 saturated carbocycles. The number of hydrogen-bond donors (Lipinski definition) is 1. The Labute approximate surface area is 76.9 Å². The molecule has 0 heterocycles. The van der Waals surface area contributed by atoms with Crippen molar-refractivity contribution in [3.8, 4) is 0 Å². The highest BCUT2D eigenvalue weighted by atomic mass is 16.3. The molecule has 3 aliphatic rings. The molecule has 2 fully saturated rings. The van der Waals surface area contributed by atoms with Crippen molar-refractivity contribution in [3.05, 3.63) is 24.3 Å². The number of aliphatic hydroxyl groups is 1. The van der Waals surface area contributed by atoms with E-state index >= 15 is 0 Å². The Hall–Kier alpha value is -0.890. The number of allylic oxidation sites excluding steroid dienone is 2. The SMILES string of the molecule is C=C1C(O)C(=O)C2C3C=CC(C3)C12. The van der Waals surface area contributed by atoms with E-state index in [1.165, 1.54) is 0 Å². The molecule has 0 aromatic carbocycles. The molecule has 0 aromatic rings. The second kappa shape index (κ2) is 2.13. The lowest BCUT2D eigenvalue weighted by molar-refractivity contribution is -0.127. The van der Waals surface area contributed by atoms with Crippen molar-refractivity contribution >= 4 is 5.78 Å². The van der Waals surface area contributed by atoms with E-state index in [0.717, 1.165) is 12.0 Å². The number of carbonyl (C=O) groups excluding carboxylic acids is 1. The summed E-state index contributed by atoms with van der Waals surface area (Å²) in [7, 11) is 0. The van der Waals surface area contributed by atoms with Crippen LogP contribution in [-0.4, -0.2) is 17.0 Å². The molecule has 0 aromatic heterocycles. The van der Waals surface area contributed by atoms with E-state index in [9.17, 15) is 9.90 Å². The number of fused-ring (bicyclic) bond motifs is 5. The highest BCUT2D eigenvalue weighted by molar-refractivity contribution is 5.93. The van der Waals surface area contributed by atoms with Crippen LogP contribution in [-0.2, 0) is 4.79 Å². The molecule has 0 amide bonds. The van der Waals surface area contributed by atoms with Crippen LogP contribution in [0.3, 0.4) is 0 Å². The van der Waals surface area contributed by atoms with Gasteiger partial charge in [0.15, 0.2) is 5.78 Å². The summed E-state index contributed by atoms with van der Waals surface area (Å²) in [6.45, 7) is 3.84. The van der Waals surface area contributed by atoms with Gasteiger partial charge >= 0.3 is 0 Å². The number of carbonyl (C=O) groups is 1. The maximum atomic E-state index is 11.6. The molecular formula is C11H12O2. The Morgan fingerprint density at radius 3 is 2.54 bits per heavy atom. The quantitative estimate of drug-likeness (QED) is 0.557. The second-order valence-electron chi connectivity index (χ2n) is 4.38. The zero-order valence-electron chi connectivity index (χ0n) is 7.31. The fourth-order valence-electron chi connectivity index (χ4n) is 3.26. The number of ketones is 1. The summed E-state index contributed by atoms with van der Waals surface area (Å²) >= 11 is 0. The maximum absolute atomic E-state index is 11.6. The second-order valence-corrected chi connectivity index (χ2v) is 4.38. The smallest absolute Gasteiger partial charge is 0.169 e. The first-order chi connectivity index (χ1) is 6.20. The lowest BCUT2D eigenvalue weighted by atomic mass is 9.84. The van der Waals surface area contributed by atoms with Crippen molar-refractivity contribution in [1.29, 1.82) is 0 Å². The molecule has 2 heteroatoms. The first-order valence-electron chi connectivity index (χ1n) is 4.79. The molecule has 1 N–H and O–H groups in total. The number of Topliss-reactive ketones (excluding diaryl/α,β-unsaturated/α-hetero) is 1. The monoisotopic (exact) mass is 176 g/mol. The van der Waals surface area contributed by atoms with Crippen molar-refractivity contribution < 1.29 is 9.90 Å². The molecule has 2 nitrogen and oxygen atoms in total. The molecular weight excluding hydrogens is 164 g/mol. The molecule has 13 heavy (non-hydrogen) atoms. The van der Waals surface area contributed by atoms with Crippen LogP contribution in [0, 0.1) is 23.7 Å². The predicted molar refractivity (Wildman–Crippen MR) is 47.9 cm³/mol. The maximum Gasteiger partial charge on any atom is 0.169 e. The van der Waals surface area contributed by atoms with Crippen molar-refractivity contribution in [2.24, 2.45) is 23.7 Å². The predicted octanol–water partition coefficient (Wildman–Crippen LogP) is 0.925. The Morgan fingerprint density at radius 2 is 1.92 bits per heavy atom. The van der Waals surface area contributed by atoms with Crippen LogP contribution in [0.4, 0.5) is 0 Å². The van der Waals surface area contributed by atoms with Gasteiger partial charge in [0.1, 0.15) is 6.10 Å². The van der Waals surface area contributed by atoms with Gasteiger partial charge in [0.25, 0.3) is 0 Å². The van der Waals surface area contributed by atoms with Crippen molar-refractivity contribution in [2.45, 2.75) is 12.5 Å². The Balaban J connectivity index is 2.08. The van der Waals surface area contributed by atoms with Gasteiger partial charge in [-0.05, 0) is 29.7 Å². The van der Waals surface area contributed by atoms with Crippen LogP contribution in [0.25, 0.3) is 0 Å². The molecule has 5 atom stereocenters. The molecule has 0 radical (unpaired) electrons. The first-order valence-corrected chi connectivity index (χ1v) is 4.79. The molecule has 2 bridgehead atoms. The van der Waals surface area contributed by atoms with Gasteiger partial charge in [0.05, 0.1) is 0 Å². The largest absolute Gasteiger partial charge is 0.381 e. The third-order valence-corrected chi connectivity index (χ3v) is 3.84. The van der Waals surface area contributed by atoms with E-state index in [1.54, 1.807) is 0 Å². The molecule has 68 valence electrons. The summed E-state index contributed by atoms with van der Waals surface area (Å²) in [5.74, 6) is 1.17. The number of hydrogen-bond acceptors (Lipinski definition) is 2. The minimum atomic E-state index is -0.875. The van der Waals surface area contributed by atoms with E-state index < -0.39 is 6.10 Å². The normalized spacial score (nSPS) is 51.9. The van der Waals surface area contributed by atoms with Crippen molar-refractivity contribution in [3.63, 3.8) is 0 Å². The number of aliphatic hydroxyl groups excluding tert-OH is 1. The van der Waals surface area contributed by atoms with Crippen LogP contribution in [0.2, 0.25) is 0 Å². The van der Waals surface area contributed by atoms with Crippen LogP contribution >= 0.6 is 0 Å². The average Bonchev–Trinajstić information content (AvgIpc) is 2.76. The highest BCUT2D eigenvalue weighted by Crippen LogP contribution is 2.55. The summed E-state index contributed by atoms with van der Waals surface area (Å²) in [5, 5.41) is 9.56. The van der Waals surface area contributed by atoms with E-state index in [4.69, 9.17) is 0 Å². The van der Waals surface area contributed by atoms with Gasteiger partial charge in [-0.2, -0.15) is 0 Å². The average molecular weight is 176 g/mol. The molecule has 3 aliphatic carbocycles.